The van der Waals surface area contributed by atoms with Crippen LogP contribution in [0.2, 0.25) is 0 Å². The third kappa shape index (κ3) is 2.67. The van der Waals surface area contributed by atoms with E-state index < -0.39 is 0 Å². The highest BCUT2D eigenvalue weighted by molar-refractivity contribution is 5.13. The molecule has 2 aliphatic rings. The molecule has 4 heteroatoms. The third-order valence-corrected chi connectivity index (χ3v) is 3.63. The molecule has 2 heterocycles. The van der Waals surface area contributed by atoms with Crippen LogP contribution >= 0.6 is 0 Å². The summed E-state index contributed by atoms with van der Waals surface area (Å²) in [5.41, 5.74) is 1.16. The fraction of sp³-hybridized carbons (Fsp3) is 0.600. The second-order valence-electron chi connectivity index (χ2n) is 5.02. The van der Waals surface area contributed by atoms with Gasteiger partial charge in [-0.25, -0.2) is 0 Å². The van der Waals surface area contributed by atoms with E-state index in [1.807, 2.05) is 25.1 Å². The molecule has 1 aromatic carbocycles. The number of hydrogen-bond donors (Lipinski definition) is 0. The Kier molecular flexibility index (Phi) is 3.84. The molecule has 5 atom stereocenters. The normalized spacial score (nSPS) is 37.5. The van der Waals surface area contributed by atoms with Crippen LogP contribution < -0.4 is 0 Å². The summed E-state index contributed by atoms with van der Waals surface area (Å²) in [5.74, 6) is 0. The second-order valence-corrected chi connectivity index (χ2v) is 5.02. The average Bonchev–Trinajstić information content (AvgIpc) is 2.93. The van der Waals surface area contributed by atoms with Gasteiger partial charge in [0.15, 0.2) is 12.6 Å². The van der Waals surface area contributed by atoms with E-state index in [1.165, 1.54) is 0 Å². The molecule has 0 aliphatic carbocycles. The monoisotopic (exact) mass is 264 g/mol. The lowest BCUT2D eigenvalue weighted by atomic mass is 10.1. The van der Waals surface area contributed by atoms with Crippen LogP contribution in [0, 0.1) is 0 Å². The molecule has 0 spiro atoms. The fourth-order valence-corrected chi connectivity index (χ4v) is 2.68. The van der Waals surface area contributed by atoms with Gasteiger partial charge in [0, 0.05) is 0 Å². The predicted molar refractivity (Wildman–Crippen MR) is 69.4 cm³/mol. The first-order valence-corrected chi connectivity index (χ1v) is 6.90. The zero-order chi connectivity index (χ0) is 13.2. The minimum Gasteiger partial charge on any atom is -0.368 e. The van der Waals surface area contributed by atoms with Crippen LogP contribution in [0.3, 0.4) is 0 Å². The van der Waals surface area contributed by atoms with Gasteiger partial charge in [0.2, 0.25) is 0 Å². The molecular formula is C15H20O4. The summed E-state index contributed by atoms with van der Waals surface area (Å²) >= 11 is 0. The Morgan fingerprint density at radius 1 is 1.11 bits per heavy atom. The smallest absolute Gasteiger partial charge is 0.189 e. The SMILES string of the molecule is CC[C@H]1O[C@@H]2OC(C)O[C@@H]2[C@H]1OCc1ccccc1. The van der Waals surface area contributed by atoms with Gasteiger partial charge in [0.05, 0.1) is 12.7 Å². The highest BCUT2D eigenvalue weighted by Crippen LogP contribution is 2.35. The van der Waals surface area contributed by atoms with Crippen LogP contribution in [0.4, 0.5) is 0 Å². The number of hydrogen-bond acceptors (Lipinski definition) is 4. The first kappa shape index (κ1) is 13.1. The molecule has 0 aromatic heterocycles. The topological polar surface area (TPSA) is 36.9 Å². The molecule has 104 valence electrons. The van der Waals surface area contributed by atoms with Gasteiger partial charge < -0.3 is 18.9 Å². The zero-order valence-corrected chi connectivity index (χ0v) is 11.3. The molecule has 0 N–H and O–H groups in total. The highest BCUT2D eigenvalue weighted by Gasteiger charge is 2.51. The van der Waals surface area contributed by atoms with Crippen molar-refractivity contribution in [2.75, 3.05) is 0 Å². The summed E-state index contributed by atoms with van der Waals surface area (Å²) in [6.45, 7) is 4.55. The van der Waals surface area contributed by atoms with E-state index in [4.69, 9.17) is 18.9 Å². The molecule has 0 amide bonds. The van der Waals surface area contributed by atoms with Gasteiger partial charge in [-0.05, 0) is 18.9 Å². The van der Waals surface area contributed by atoms with E-state index in [9.17, 15) is 0 Å². The maximum atomic E-state index is 6.02. The summed E-state index contributed by atoms with van der Waals surface area (Å²) in [6.07, 6.45) is 0.291. The molecule has 2 saturated heterocycles. The molecule has 2 fully saturated rings. The van der Waals surface area contributed by atoms with E-state index in [0.717, 1.165) is 12.0 Å². The van der Waals surface area contributed by atoms with Crippen molar-refractivity contribution >= 4 is 0 Å². The van der Waals surface area contributed by atoms with Gasteiger partial charge in [-0.15, -0.1) is 0 Å². The molecule has 19 heavy (non-hydrogen) atoms. The lowest BCUT2D eigenvalue weighted by molar-refractivity contribution is -0.168. The largest absolute Gasteiger partial charge is 0.368 e. The maximum absolute atomic E-state index is 6.02. The molecule has 0 bridgehead atoms. The fourth-order valence-electron chi connectivity index (χ4n) is 2.68. The quantitative estimate of drug-likeness (QED) is 0.837. The zero-order valence-electron chi connectivity index (χ0n) is 11.3. The molecule has 4 nitrogen and oxygen atoms in total. The summed E-state index contributed by atoms with van der Waals surface area (Å²) in [5, 5.41) is 0. The van der Waals surface area contributed by atoms with Gasteiger partial charge in [0.25, 0.3) is 0 Å². The first-order chi connectivity index (χ1) is 9.28. The summed E-state index contributed by atoms with van der Waals surface area (Å²) in [4.78, 5) is 0. The van der Waals surface area contributed by atoms with E-state index in [2.05, 4.69) is 19.1 Å². The summed E-state index contributed by atoms with van der Waals surface area (Å²) < 4.78 is 23.2. The standard InChI is InChI=1S/C15H20O4/c1-3-12-13(14-15(19-12)18-10(2)17-14)16-9-11-7-5-4-6-8-11/h4-8,10,12-15H,3,9H2,1-2H3/t10?,12-,13+,14-,15+/m1/s1. The van der Waals surface area contributed by atoms with E-state index >= 15 is 0 Å². The van der Waals surface area contributed by atoms with Crippen LogP contribution in [0.5, 0.6) is 0 Å². The number of fused-ring (bicyclic) bond motifs is 1. The van der Waals surface area contributed by atoms with E-state index in [-0.39, 0.29) is 30.9 Å². The van der Waals surface area contributed by atoms with Crippen molar-refractivity contribution in [1.82, 2.24) is 0 Å². The third-order valence-electron chi connectivity index (χ3n) is 3.63. The predicted octanol–water partition coefficient (Wildman–Crippen LogP) is 2.47. The Labute approximate surface area is 113 Å². The van der Waals surface area contributed by atoms with Crippen molar-refractivity contribution in [3.63, 3.8) is 0 Å². The van der Waals surface area contributed by atoms with Crippen molar-refractivity contribution in [1.29, 1.82) is 0 Å². The van der Waals surface area contributed by atoms with Crippen molar-refractivity contribution in [2.24, 2.45) is 0 Å². The van der Waals surface area contributed by atoms with Crippen LogP contribution in [0.15, 0.2) is 30.3 Å². The minimum absolute atomic E-state index is 0.0474. The lowest BCUT2D eigenvalue weighted by Crippen LogP contribution is -2.34. The number of rotatable bonds is 4. The summed E-state index contributed by atoms with van der Waals surface area (Å²) in [6, 6.07) is 10.1. The Bertz CT molecular complexity index is 408. The van der Waals surface area contributed by atoms with Crippen LogP contribution in [-0.4, -0.2) is 30.9 Å². The van der Waals surface area contributed by atoms with Crippen molar-refractivity contribution in [3.8, 4) is 0 Å². The Hall–Kier alpha value is -0.940. The van der Waals surface area contributed by atoms with Crippen molar-refractivity contribution < 1.29 is 18.9 Å². The van der Waals surface area contributed by atoms with E-state index in [1.54, 1.807) is 0 Å². The van der Waals surface area contributed by atoms with Gasteiger partial charge in [-0.1, -0.05) is 37.3 Å². The van der Waals surface area contributed by atoms with Gasteiger partial charge in [0.1, 0.15) is 12.2 Å². The highest BCUT2D eigenvalue weighted by atomic mass is 16.8. The number of ether oxygens (including phenoxy) is 4. The van der Waals surface area contributed by atoms with Crippen LogP contribution in [-0.2, 0) is 25.6 Å². The van der Waals surface area contributed by atoms with Crippen molar-refractivity contribution in [3.05, 3.63) is 35.9 Å². The second kappa shape index (κ2) is 5.59. The molecule has 1 unspecified atom stereocenters. The molecule has 0 saturated carbocycles. The van der Waals surface area contributed by atoms with Crippen LogP contribution in [0.1, 0.15) is 25.8 Å². The van der Waals surface area contributed by atoms with Gasteiger partial charge in [-0.2, -0.15) is 0 Å². The Morgan fingerprint density at radius 2 is 1.89 bits per heavy atom. The average molecular weight is 264 g/mol. The minimum atomic E-state index is -0.277. The molecule has 2 aliphatic heterocycles. The maximum Gasteiger partial charge on any atom is 0.189 e. The van der Waals surface area contributed by atoms with Gasteiger partial charge >= 0.3 is 0 Å². The lowest BCUT2D eigenvalue weighted by Gasteiger charge is -2.21. The van der Waals surface area contributed by atoms with E-state index in [0.29, 0.717) is 6.61 Å². The first-order valence-electron chi connectivity index (χ1n) is 6.90. The van der Waals surface area contributed by atoms with Crippen LogP contribution in [0.25, 0.3) is 0 Å². The molecule has 1 aromatic rings. The van der Waals surface area contributed by atoms with Gasteiger partial charge in [-0.3, -0.25) is 0 Å². The Balaban J connectivity index is 1.64. The molecule has 3 rings (SSSR count). The molecule has 0 radical (unpaired) electrons. The molecular weight excluding hydrogens is 244 g/mol. The van der Waals surface area contributed by atoms with Crippen molar-refractivity contribution in [2.45, 2.75) is 57.8 Å². The number of benzene rings is 1. The Morgan fingerprint density at radius 3 is 2.63 bits per heavy atom. The summed E-state index contributed by atoms with van der Waals surface area (Å²) in [7, 11) is 0.